The van der Waals surface area contributed by atoms with Crippen LogP contribution in [0.2, 0.25) is 5.15 Å². The second kappa shape index (κ2) is 5.12. The number of aryl methyl sites for hydroxylation is 3. The van der Waals surface area contributed by atoms with Crippen LogP contribution in [-0.2, 0) is 6.42 Å². The van der Waals surface area contributed by atoms with Crippen LogP contribution in [0, 0.1) is 20.8 Å². The van der Waals surface area contributed by atoms with Crippen molar-refractivity contribution in [1.29, 1.82) is 0 Å². The highest BCUT2D eigenvalue weighted by Crippen LogP contribution is 2.25. The van der Waals surface area contributed by atoms with E-state index in [4.69, 9.17) is 17.3 Å². The summed E-state index contributed by atoms with van der Waals surface area (Å²) in [6.07, 6.45) is 0.759. The largest absolute Gasteiger partial charge is 0.330 e. The van der Waals surface area contributed by atoms with Gasteiger partial charge in [0.05, 0.1) is 11.4 Å². The van der Waals surface area contributed by atoms with Gasteiger partial charge in [-0.25, -0.2) is 4.68 Å². The van der Waals surface area contributed by atoms with Crippen LogP contribution in [0.15, 0.2) is 18.2 Å². The van der Waals surface area contributed by atoms with Gasteiger partial charge >= 0.3 is 0 Å². The fourth-order valence-corrected chi connectivity index (χ4v) is 2.52. The van der Waals surface area contributed by atoms with E-state index in [-0.39, 0.29) is 0 Å². The molecule has 2 rings (SSSR count). The number of nitrogens with two attached hydrogens (primary N) is 1. The molecule has 0 bridgehead atoms. The van der Waals surface area contributed by atoms with Crippen LogP contribution in [0.1, 0.15) is 22.4 Å². The molecule has 1 heterocycles. The summed E-state index contributed by atoms with van der Waals surface area (Å²) >= 11 is 6.40. The molecule has 0 amide bonds. The third-order valence-electron chi connectivity index (χ3n) is 3.10. The van der Waals surface area contributed by atoms with E-state index in [1.54, 1.807) is 4.68 Å². The molecular weight excluding hydrogens is 246 g/mol. The average Bonchev–Trinajstić information content (AvgIpc) is 2.58. The Balaban J connectivity index is 2.54. The van der Waals surface area contributed by atoms with Gasteiger partial charge in [0.2, 0.25) is 0 Å². The first-order valence-electron chi connectivity index (χ1n) is 6.06. The summed E-state index contributed by atoms with van der Waals surface area (Å²) in [4.78, 5) is 0. The lowest BCUT2D eigenvalue weighted by Crippen LogP contribution is -2.04. The summed E-state index contributed by atoms with van der Waals surface area (Å²) in [5, 5.41) is 5.19. The highest BCUT2D eigenvalue weighted by Gasteiger charge is 2.14. The number of rotatable bonds is 3. The van der Waals surface area contributed by atoms with Crippen molar-refractivity contribution in [3.8, 4) is 5.69 Å². The van der Waals surface area contributed by atoms with Gasteiger partial charge in [0.1, 0.15) is 5.15 Å². The zero-order valence-electron chi connectivity index (χ0n) is 11.0. The van der Waals surface area contributed by atoms with Gasteiger partial charge in [0.15, 0.2) is 0 Å². The zero-order valence-corrected chi connectivity index (χ0v) is 11.8. The fraction of sp³-hybridized carbons (Fsp3) is 0.357. The van der Waals surface area contributed by atoms with Gasteiger partial charge in [-0.15, -0.1) is 0 Å². The smallest absolute Gasteiger partial charge is 0.136 e. The van der Waals surface area contributed by atoms with E-state index in [1.165, 1.54) is 11.1 Å². The molecule has 1 aromatic carbocycles. The van der Waals surface area contributed by atoms with Crippen molar-refractivity contribution in [1.82, 2.24) is 9.78 Å². The molecule has 0 spiro atoms. The Labute approximate surface area is 113 Å². The molecule has 0 unspecified atom stereocenters. The molecule has 4 heteroatoms. The van der Waals surface area contributed by atoms with Gasteiger partial charge in [-0.05, 0) is 45.4 Å². The van der Waals surface area contributed by atoms with Gasteiger partial charge in [0.25, 0.3) is 0 Å². The lowest BCUT2D eigenvalue weighted by Gasteiger charge is -2.08. The van der Waals surface area contributed by atoms with Crippen LogP contribution in [0.25, 0.3) is 5.69 Å². The maximum absolute atomic E-state index is 6.40. The first-order valence-corrected chi connectivity index (χ1v) is 6.44. The number of aromatic nitrogens is 2. The minimum absolute atomic E-state index is 0.582. The predicted octanol–water partition coefficient (Wildman–Crippen LogP) is 2.95. The molecule has 2 N–H and O–H groups in total. The number of hydrogen-bond donors (Lipinski definition) is 1. The van der Waals surface area contributed by atoms with Crippen LogP contribution in [0.4, 0.5) is 0 Å². The molecule has 0 atom stereocenters. The molecule has 0 aliphatic carbocycles. The van der Waals surface area contributed by atoms with E-state index in [9.17, 15) is 0 Å². The first kappa shape index (κ1) is 13.1. The molecular formula is C14H18ClN3. The first-order chi connectivity index (χ1) is 8.54. The third-order valence-corrected chi connectivity index (χ3v) is 3.48. The number of nitrogens with zero attached hydrogens (tertiary/aromatic N) is 2. The Morgan fingerprint density at radius 2 is 2.00 bits per heavy atom. The Bertz CT molecular complexity index is 573. The molecule has 0 aliphatic rings. The number of benzene rings is 1. The quantitative estimate of drug-likeness (QED) is 0.925. The number of halogens is 1. The lowest BCUT2D eigenvalue weighted by atomic mass is 10.1. The standard InChI is InChI=1S/C14H18ClN3/c1-9-4-5-13(10(2)8-9)18-14(15)12(6-7-16)11(3)17-18/h4-5,8H,6-7,16H2,1-3H3. The summed E-state index contributed by atoms with van der Waals surface area (Å²) < 4.78 is 1.80. The monoisotopic (exact) mass is 263 g/mol. The molecule has 1 aromatic heterocycles. The van der Waals surface area contributed by atoms with Crippen LogP contribution in [-0.4, -0.2) is 16.3 Å². The van der Waals surface area contributed by atoms with E-state index < -0.39 is 0 Å². The minimum atomic E-state index is 0.582. The SMILES string of the molecule is Cc1ccc(-n2nc(C)c(CCN)c2Cl)c(C)c1. The van der Waals surface area contributed by atoms with Crippen LogP contribution < -0.4 is 5.73 Å². The van der Waals surface area contributed by atoms with Gasteiger partial charge < -0.3 is 5.73 Å². The van der Waals surface area contributed by atoms with Crippen molar-refractivity contribution in [3.05, 3.63) is 45.7 Å². The summed E-state index contributed by atoms with van der Waals surface area (Å²) in [6.45, 7) is 6.70. The van der Waals surface area contributed by atoms with Gasteiger partial charge in [-0.2, -0.15) is 5.10 Å². The molecule has 0 radical (unpaired) electrons. The predicted molar refractivity (Wildman–Crippen MR) is 75.5 cm³/mol. The summed E-state index contributed by atoms with van der Waals surface area (Å²) in [5.41, 5.74) is 11.0. The Hall–Kier alpha value is -1.32. The minimum Gasteiger partial charge on any atom is -0.330 e. The Morgan fingerprint density at radius 1 is 1.28 bits per heavy atom. The topological polar surface area (TPSA) is 43.8 Å². The van der Waals surface area contributed by atoms with Crippen molar-refractivity contribution < 1.29 is 0 Å². The molecule has 0 fully saturated rings. The van der Waals surface area contributed by atoms with E-state index in [0.717, 1.165) is 23.4 Å². The number of hydrogen-bond acceptors (Lipinski definition) is 2. The molecule has 3 nitrogen and oxygen atoms in total. The maximum Gasteiger partial charge on any atom is 0.136 e. The second-order valence-electron chi connectivity index (χ2n) is 4.60. The molecule has 0 saturated carbocycles. The summed E-state index contributed by atoms with van der Waals surface area (Å²) in [6, 6.07) is 6.25. The Morgan fingerprint density at radius 3 is 2.61 bits per heavy atom. The van der Waals surface area contributed by atoms with Crippen molar-refractivity contribution in [3.63, 3.8) is 0 Å². The van der Waals surface area contributed by atoms with E-state index >= 15 is 0 Å². The maximum atomic E-state index is 6.40. The highest BCUT2D eigenvalue weighted by atomic mass is 35.5. The summed E-state index contributed by atoms with van der Waals surface area (Å²) in [7, 11) is 0. The molecule has 0 saturated heterocycles. The van der Waals surface area contributed by atoms with Gasteiger partial charge in [-0.1, -0.05) is 29.3 Å². The molecule has 18 heavy (non-hydrogen) atoms. The van der Waals surface area contributed by atoms with Crippen molar-refractivity contribution >= 4 is 11.6 Å². The van der Waals surface area contributed by atoms with Gasteiger partial charge in [-0.3, -0.25) is 0 Å². The normalized spacial score (nSPS) is 10.9. The molecule has 96 valence electrons. The van der Waals surface area contributed by atoms with Crippen molar-refractivity contribution in [2.24, 2.45) is 5.73 Å². The van der Waals surface area contributed by atoms with E-state index in [2.05, 4.69) is 37.1 Å². The van der Waals surface area contributed by atoms with E-state index in [0.29, 0.717) is 11.7 Å². The van der Waals surface area contributed by atoms with Gasteiger partial charge in [0, 0.05) is 5.56 Å². The lowest BCUT2D eigenvalue weighted by molar-refractivity contribution is 0.856. The summed E-state index contributed by atoms with van der Waals surface area (Å²) in [5.74, 6) is 0. The van der Waals surface area contributed by atoms with E-state index in [1.807, 2.05) is 6.92 Å². The molecule has 2 aromatic rings. The van der Waals surface area contributed by atoms with Crippen molar-refractivity contribution in [2.75, 3.05) is 6.54 Å². The van der Waals surface area contributed by atoms with Crippen molar-refractivity contribution in [2.45, 2.75) is 27.2 Å². The van der Waals surface area contributed by atoms with Crippen LogP contribution in [0.3, 0.4) is 0 Å². The average molecular weight is 264 g/mol. The van der Waals surface area contributed by atoms with Crippen LogP contribution in [0.5, 0.6) is 0 Å². The zero-order chi connectivity index (χ0) is 13.3. The molecule has 0 aliphatic heterocycles. The van der Waals surface area contributed by atoms with Crippen LogP contribution >= 0.6 is 11.6 Å². The fourth-order valence-electron chi connectivity index (χ4n) is 2.16. The third kappa shape index (κ3) is 2.28. The Kier molecular flexibility index (Phi) is 3.73. The highest BCUT2D eigenvalue weighted by molar-refractivity contribution is 6.30. The second-order valence-corrected chi connectivity index (χ2v) is 4.95.